The second-order valence-electron chi connectivity index (χ2n) is 6.06. The van der Waals surface area contributed by atoms with E-state index in [1.807, 2.05) is 24.3 Å². The molecule has 2 aliphatic heterocycles. The molecule has 0 saturated carbocycles. The van der Waals surface area contributed by atoms with Crippen molar-refractivity contribution >= 4 is 17.5 Å². The van der Waals surface area contributed by atoms with E-state index in [1.165, 1.54) is 32.8 Å². The number of nitrogens with one attached hydrogen (secondary N) is 2. The van der Waals surface area contributed by atoms with Gasteiger partial charge in [0.15, 0.2) is 0 Å². The minimum Gasteiger partial charge on any atom is -0.453 e. The molecule has 2 atom stereocenters. The first kappa shape index (κ1) is 14.2. The van der Waals surface area contributed by atoms with Crippen LogP contribution in [-0.2, 0) is 4.74 Å². The van der Waals surface area contributed by atoms with Crippen LogP contribution in [0.2, 0.25) is 0 Å². The maximum atomic E-state index is 11.3. The minimum absolute atomic E-state index is 0.440. The normalized spacial score (nSPS) is 28.2. The number of hydrogen-bond donors (Lipinski definition) is 2. The lowest BCUT2D eigenvalue weighted by Crippen LogP contribution is -2.44. The predicted octanol–water partition coefficient (Wildman–Crippen LogP) is 2.90. The molecule has 5 heteroatoms. The molecule has 2 aliphatic rings. The molecule has 2 saturated heterocycles. The van der Waals surface area contributed by atoms with Gasteiger partial charge in [-0.05, 0) is 50.9 Å². The zero-order chi connectivity index (χ0) is 14.8. The number of ether oxygens (including phenoxy) is 1. The fraction of sp³-hybridized carbons (Fsp3) is 0.562. The molecule has 114 valence electrons. The lowest BCUT2D eigenvalue weighted by Gasteiger charge is -2.37. The van der Waals surface area contributed by atoms with Crippen LogP contribution >= 0.6 is 0 Å². The summed E-state index contributed by atoms with van der Waals surface area (Å²) in [7, 11) is 3.62. The quantitative estimate of drug-likeness (QED) is 0.898. The van der Waals surface area contributed by atoms with E-state index >= 15 is 0 Å². The van der Waals surface area contributed by atoms with Crippen molar-refractivity contribution in [2.24, 2.45) is 0 Å². The lowest BCUT2D eigenvalue weighted by molar-refractivity contribution is 0.169. The maximum absolute atomic E-state index is 11.3. The van der Waals surface area contributed by atoms with Crippen LogP contribution in [0.1, 0.15) is 25.7 Å². The zero-order valence-corrected chi connectivity index (χ0v) is 12.6. The number of piperidine rings is 1. The van der Waals surface area contributed by atoms with E-state index in [9.17, 15) is 4.79 Å². The van der Waals surface area contributed by atoms with E-state index in [0.29, 0.717) is 6.04 Å². The Morgan fingerprint density at radius 3 is 2.57 bits per heavy atom. The number of anilines is 2. The van der Waals surface area contributed by atoms with Crippen molar-refractivity contribution in [3.63, 3.8) is 0 Å². The number of fused-ring (bicyclic) bond motifs is 2. The van der Waals surface area contributed by atoms with Gasteiger partial charge in [-0.25, -0.2) is 4.79 Å². The molecule has 1 aromatic carbocycles. The Hall–Kier alpha value is -1.75. The van der Waals surface area contributed by atoms with Crippen LogP contribution < -0.4 is 10.6 Å². The van der Waals surface area contributed by atoms with Gasteiger partial charge in [0.05, 0.1) is 7.11 Å². The summed E-state index contributed by atoms with van der Waals surface area (Å²) < 4.78 is 4.62. The van der Waals surface area contributed by atoms with E-state index < -0.39 is 6.09 Å². The zero-order valence-electron chi connectivity index (χ0n) is 12.6. The molecular weight excluding hydrogens is 266 g/mol. The summed E-state index contributed by atoms with van der Waals surface area (Å²) in [5.74, 6) is 0. The van der Waals surface area contributed by atoms with Crippen LogP contribution in [0, 0.1) is 0 Å². The lowest BCUT2D eigenvalue weighted by atomic mass is 9.98. The largest absolute Gasteiger partial charge is 0.453 e. The summed E-state index contributed by atoms with van der Waals surface area (Å²) in [6.45, 7) is 0. The summed E-state index contributed by atoms with van der Waals surface area (Å²) in [4.78, 5) is 13.8. The Labute approximate surface area is 125 Å². The molecule has 2 unspecified atom stereocenters. The maximum Gasteiger partial charge on any atom is 0.411 e. The molecule has 2 fully saturated rings. The Balaban J connectivity index is 1.63. The van der Waals surface area contributed by atoms with E-state index in [0.717, 1.165) is 23.5 Å². The van der Waals surface area contributed by atoms with Crippen LogP contribution in [0.25, 0.3) is 0 Å². The number of benzene rings is 1. The van der Waals surface area contributed by atoms with E-state index in [-0.39, 0.29) is 0 Å². The van der Waals surface area contributed by atoms with Crippen molar-refractivity contribution in [2.45, 2.75) is 43.8 Å². The van der Waals surface area contributed by atoms with Gasteiger partial charge in [-0.2, -0.15) is 0 Å². The molecule has 5 nitrogen and oxygen atoms in total. The number of nitrogens with zero attached hydrogens (tertiary/aromatic N) is 1. The molecule has 0 aliphatic carbocycles. The average molecular weight is 289 g/mol. The van der Waals surface area contributed by atoms with Gasteiger partial charge < -0.3 is 15.0 Å². The summed E-state index contributed by atoms with van der Waals surface area (Å²) in [5, 5.41) is 6.31. The Morgan fingerprint density at radius 2 is 1.90 bits per heavy atom. The molecule has 2 N–H and O–H groups in total. The molecule has 0 radical (unpaired) electrons. The van der Waals surface area contributed by atoms with Gasteiger partial charge in [0.1, 0.15) is 0 Å². The molecule has 2 heterocycles. The third-order valence-electron chi connectivity index (χ3n) is 4.76. The molecule has 0 spiro atoms. The highest BCUT2D eigenvalue weighted by Crippen LogP contribution is 2.35. The summed E-state index contributed by atoms with van der Waals surface area (Å²) in [6, 6.07) is 9.76. The van der Waals surface area contributed by atoms with Crippen molar-refractivity contribution in [2.75, 3.05) is 24.8 Å². The summed E-state index contributed by atoms with van der Waals surface area (Å²) in [5.41, 5.74) is 1.81. The van der Waals surface area contributed by atoms with Gasteiger partial charge in [0.2, 0.25) is 0 Å². The SMILES string of the molecule is COC(=O)Nc1cccc(NC2CC3CCC(C2)N3C)c1. The van der Waals surface area contributed by atoms with E-state index in [1.54, 1.807) is 0 Å². The fourth-order valence-corrected chi connectivity index (χ4v) is 3.62. The van der Waals surface area contributed by atoms with Crippen LogP contribution in [0.4, 0.5) is 16.2 Å². The van der Waals surface area contributed by atoms with Gasteiger partial charge >= 0.3 is 6.09 Å². The highest BCUT2D eigenvalue weighted by molar-refractivity contribution is 5.85. The first-order valence-electron chi connectivity index (χ1n) is 7.59. The third kappa shape index (κ3) is 3.13. The van der Waals surface area contributed by atoms with Gasteiger partial charge in [-0.1, -0.05) is 6.07 Å². The molecule has 2 bridgehead atoms. The first-order chi connectivity index (χ1) is 10.2. The Bertz CT molecular complexity index is 506. The van der Waals surface area contributed by atoms with Crippen LogP contribution in [0.5, 0.6) is 0 Å². The molecule has 0 aromatic heterocycles. The Morgan fingerprint density at radius 1 is 1.24 bits per heavy atom. The number of hydrogen-bond acceptors (Lipinski definition) is 4. The second-order valence-corrected chi connectivity index (χ2v) is 6.06. The monoisotopic (exact) mass is 289 g/mol. The van der Waals surface area contributed by atoms with Crippen molar-refractivity contribution in [3.8, 4) is 0 Å². The molecule has 1 amide bonds. The van der Waals surface area contributed by atoms with Gasteiger partial charge in [0, 0.05) is 29.5 Å². The van der Waals surface area contributed by atoms with Crippen molar-refractivity contribution in [3.05, 3.63) is 24.3 Å². The minimum atomic E-state index is -0.440. The first-order valence-corrected chi connectivity index (χ1v) is 7.59. The standard InChI is InChI=1S/C16H23N3O2/c1-19-14-6-7-15(19)10-13(9-14)17-11-4-3-5-12(8-11)18-16(20)21-2/h3-5,8,13-15,17H,6-7,9-10H2,1-2H3,(H,18,20). The van der Waals surface area contributed by atoms with Crippen LogP contribution in [-0.4, -0.2) is 43.3 Å². The number of carbonyl (C=O) groups is 1. The molecule has 3 rings (SSSR count). The predicted molar refractivity (Wildman–Crippen MR) is 83.7 cm³/mol. The molecule has 21 heavy (non-hydrogen) atoms. The third-order valence-corrected chi connectivity index (χ3v) is 4.76. The van der Waals surface area contributed by atoms with Crippen molar-refractivity contribution in [1.29, 1.82) is 0 Å². The van der Waals surface area contributed by atoms with E-state index in [2.05, 4.69) is 27.3 Å². The Kier molecular flexibility index (Phi) is 4.01. The topological polar surface area (TPSA) is 53.6 Å². The fourth-order valence-electron chi connectivity index (χ4n) is 3.62. The van der Waals surface area contributed by atoms with Crippen LogP contribution in [0.15, 0.2) is 24.3 Å². The van der Waals surface area contributed by atoms with Crippen molar-refractivity contribution in [1.82, 2.24) is 4.90 Å². The number of carbonyl (C=O) groups excluding carboxylic acids is 1. The highest BCUT2D eigenvalue weighted by Gasteiger charge is 2.38. The number of rotatable bonds is 3. The number of amides is 1. The molecule has 1 aromatic rings. The second kappa shape index (κ2) is 5.93. The van der Waals surface area contributed by atoms with Gasteiger partial charge in [0.25, 0.3) is 0 Å². The van der Waals surface area contributed by atoms with E-state index in [4.69, 9.17) is 0 Å². The average Bonchev–Trinajstić information content (AvgIpc) is 2.70. The summed E-state index contributed by atoms with van der Waals surface area (Å²) in [6.07, 6.45) is 4.60. The highest BCUT2D eigenvalue weighted by atomic mass is 16.5. The summed E-state index contributed by atoms with van der Waals surface area (Å²) >= 11 is 0. The van der Waals surface area contributed by atoms with Crippen molar-refractivity contribution < 1.29 is 9.53 Å². The number of methoxy groups -OCH3 is 1. The molecular formula is C16H23N3O2. The smallest absolute Gasteiger partial charge is 0.411 e. The van der Waals surface area contributed by atoms with Crippen LogP contribution in [0.3, 0.4) is 0 Å². The van der Waals surface area contributed by atoms with Gasteiger partial charge in [-0.3, -0.25) is 5.32 Å². The van der Waals surface area contributed by atoms with Gasteiger partial charge in [-0.15, -0.1) is 0 Å².